The number of fused-ring (bicyclic) bond motifs is 3. The van der Waals surface area contributed by atoms with Crippen molar-refractivity contribution < 1.29 is 19.1 Å². The van der Waals surface area contributed by atoms with Crippen molar-refractivity contribution >= 4 is 23.5 Å². The summed E-state index contributed by atoms with van der Waals surface area (Å²) in [5.74, 6) is -1.78. The summed E-state index contributed by atoms with van der Waals surface area (Å²) >= 11 is 0. The molecular formula is C21H28N2O4. The number of anilines is 1. The molecule has 2 amide bonds. The van der Waals surface area contributed by atoms with E-state index in [1.54, 1.807) is 18.7 Å². The van der Waals surface area contributed by atoms with Gasteiger partial charge in [0.1, 0.15) is 5.54 Å². The molecule has 1 aromatic carbocycles. The van der Waals surface area contributed by atoms with Crippen molar-refractivity contribution in [2.45, 2.75) is 52.0 Å². The molecule has 2 aliphatic heterocycles. The van der Waals surface area contributed by atoms with Gasteiger partial charge in [0.2, 0.25) is 5.91 Å². The number of likely N-dealkylation sites (tertiary alicyclic amines) is 1. The van der Waals surface area contributed by atoms with Gasteiger partial charge >= 0.3 is 5.97 Å². The van der Waals surface area contributed by atoms with Crippen LogP contribution in [0.25, 0.3) is 0 Å². The number of para-hydroxylation sites is 1. The van der Waals surface area contributed by atoms with Gasteiger partial charge in [-0.25, -0.2) is 0 Å². The molecular weight excluding hydrogens is 344 g/mol. The molecule has 0 bridgehead atoms. The van der Waals surface area contributed by atoms with Gasteiger partial charge in [-0.2, -0.15) is 0 Å². The summed E-state index contributed by atoms with van der Waals surface area (Å²) < 4.78 is 5.30. The first-order valence-corrected chi connectivity index (χ1v) is 9.78. The topological polar surface area (TPSA) is 75.7 Å². The number of esters is 1. The van der Waals surface area contributed by atoms with Crippen molar-refractivity contribution in [1.29, 1.82) is 0 Å². The second-order valence-electron chi connectivity index (χ2n) is 7.49. The second kappa shape index (κ2) is 7.33. The normalized spacial score (nSPS) is 26.4. The Bertz CT molecular complexity index is 758. The fourth-order valence-electron chi connectivity index (χ4n) is 4.60. The van der Waals surface area contributed by atoms with Crippen molar-refractivity contribution in [3.63, 3.8) is 0 Å². The Balaban J connectivity index is 2.11. The van der Waals surface area contributed by atoms with Gasteiger partial charge in [-0.1, -0.05) is 32.0 Å². The third kappa shape index (κ3) is 2.91. The van der Waals surface area contributed by atoms with Crippen LogP contribution in [0, 0.1) is 11.8 Å². The summed E-state index contributed by atoms with van der Waals surface area (Å²) in [7, 11) is 0. The van der Waals surface area contributed by atoms with E-state index in [4.69, 9.17) is 4.74 Å². The van der Waals surface area contributed by atoms with E-state index in [0.717, 1.165) is 5.56 Å². The van der Waals surface area contributed by atoms with Gasteiger partial charge in [0.05, 0.1) is 12.5 Å². The van der Waals surface area contributed by atoms with Crippen molar-refractivity contribution in [2.24, 2.45) is 11.8 Å². The summed E-state index contributed by atoms with van der Waals surface area (Å²) in [6.45, 7) is 7.97. The van der Waals surface area contributed by atoms with E-state index in [0.29, 0.717) is 18.5 Å². The lowest BCUT2D eigenvalue weighted by Gasteiger charge is -2.43. The lowest BCUT2D eigenvalue weighted by atomic mass is 9.72. The van der Waals surface area contributed by atoms with E-state index in [-0.39, 0.29) is 36.9 Å². The van der Waals surface area contributed by atoms with Crippen molar-refractivity contribution in [3.8, 4) is 0 Å². The largest absolute Gasteiger partial charge is 0.466 e. The predicted octanol–water partition coefficient (Wildman–Crippen LogP) is 2.94. The van der Waals surface area contributed by atoms with Crippen LogP contribution < -0.4 is 5.32 Å². The number of hydrogen-bond acceptors (Lipinski definition) is 4. The van der Waals surface area contributed by atoms with Crippen LogP contribution in [-0.4, -0.2) is 41.4 Å². The first kappa shape index (κ1) is 19.4. The van der Waals surface area contributed by atoms with Crippen molar-refractivity contribution in [2.75, 3.05) is 18.5 Å². The van der Waals surface area contributed by atoms with Crippen LogP contribution in [0.5, 0.6) is 0 Å². The van der Waals surface area contributed by atoms with Gasteiger partial charge in [-0.15, -0.1) is 0 Å². The number of carbonyl (C=O) groups excluding carboxylic acids is 3. The summed E-state index contributed by atoms with van der Waals surface area (Å²) in [5, 5.41) is 2.94. The Labute approximate surface area is 160 Å². The molecule has 3 atom stereocenters. The molecule has 2 aliphatic rings. The predicted molar refractivity (Wildman–Crippen MR) is 102 cm³/mol. The SMILES string of the molecule is CCOC(=O)[C@H]1CN(C(=O)C(CC)CC)[C@]2(C)C(=O)Nc3ccccc3[C@H]12. The molecule has 0 radical (unpaired) electrons. The summed E-state index contributed by atoms with van der Waals surface area (Å²) in [5.41, 5.74) is 0.486. The molecule has 27 heavy (non-hydrogen) atoms. The molecule has 3 rings (SSSR count). The number of nitrogens with zero attached hydrogens (tertiary/aromatic N) is 1. The lowest BCUT2D eigenvalue weighted by Crippen LogP contribution is -2.58. The quantitative estimate of drug-likeness (QED) is 0.807. The van der Waals surface area contributed by atoms with Crippen LogP contribution in [0.15, 0.2) is 24.3 Å². The minimum absolute atomic E-state index is 0.0613. The van der Waals surface area contributed by atoms with Crippen LogP contribution in [0.3, 0.4) is 0 Å². The average Bonchev–Trinajstić information content (AvgIpc) is 2.98. The van der Waals surface area contributed by atoms with Gasteiger partial charge in [0, 0.05) is 24.1 Å². The molecule has 1 N–H and O–H groups in total. The maximum absolute atomic E-state index is 13.2. The number of ether oxygens (including phenoxy) is 1. The number of nitrogens with one attached hydrogen (secondary N) is 1. The van der Waals surface area contributed by atoms with Gasteiger partial charge in [-0.05, 0) is 38.3 Å². The molecule has 6 heteroatoms. The Morgan fingerprint density at radius 1 is 1.26 bits per heavy atom. The maximum Gasteiger partial charge on any atom is 0.311 e. The molecule has 2 heterocycles. The van der Waals surface area contributed by atoms with E-state index >= 15 is 0 Å². The molecule has 1 fully saturated rings. The summed E-state index contributed by atoms with van der Waals surface area (Å²) in [6, 6.07) is 7.50. The van der Waals surface area contributed by atoms with Crippen LogP contribution in [-0.2, 0) is 19.1 Å². The maximum atomic E-state index is 13.2. The molecule has 0 saturated carbocycles. The standard InChI is InChI=1S/C21H28N2O4/c1-5-13(6-2)18(24)23-12-15(19(25)27-7-3)17-14-10-8-9-11-16(14)22-20(26)21(17,23)4/h8-11,13,15,17H,5-7,12H2,1-4H3,(H,22,26)/t15-,17+,21-/m0/s1. The Morgan fingerprint density at radius 3 is 2.56 bits per heavy atom. The third-order valence-corrected chi connectivity index (χ3v) is 6.14. The molecule has 1 aromatic rings. The Morgan fingerprint density at radius 2 is 1.93 bits per heavy atom. The monoisotopic (exact) mass is 372 g/mol. The van der Waals surface area contributed by atoms with Crippen LogP contribution >= 0.6 is 0 Å². The van der Waals surface area contributed by atoms with E-state index in [1.165, 1.54) is 0 Å². The zero-order chi connectivity index (χ0) is 19.8. The Kier molecular flexibility index (Phi) is 5.27. The van der Waals surface area contributed by atoms with Crippen molar-refractivity contribution in [1.82, 2.24) is 4.90 Å². The number of rotatable bonds is 5. The highest BCUT2D eigenvalue weighted by atomic mass is 16.5. The summed E-state index contributed by atoms with van der Waals surface area (Å²) in [4.78, 5) is 40.8. The highest BCUT2D eigenvalue weighted by Crippen LogP contribution is 2.51. The van der Waals surface area contributed by atoms with Gasteiger partial charge in [0.15, 0.2) is 0 Å². The first-order chi connectivity index (χ1) is 12.9. The minimum atomic E-state index is -1.11. The van der Waals surface area contributed by atoms with Gasteiger partial charge in [0.25, 0.3) is 5.91 Å². The fraction of sp³-hybridized carbons (Fsp3) is 0.571. The van der Waals surface area contributed by atoms with Crippen LogP contribution in [0.2, 0.25) is 0 Å². The van der Waals surface area contributed by atoms with E-state index in [9.17, 15) is 14.4 Å². The number of benzene rings is 1. The smallest absolute Gasteiger partial charge is 0.311 e. The number of amides is 2. The van der Waals surface area contributed by atoms with Gasteiger partial charge in [-0.3, -0.25) is 14.4 Å². The first-order valence-electron chi connectivity index (χ1n) is 9.78. The number of hydrogen-bond donors (Lipinski definition) is 1. The molecule has 0 spiro atoms. The zero-order valence-corrected chi connectivity index (χ0v) is 16.5. The highest BCUT2D eigenvalue weighted by molar-refractivity contribution is 6.06. The minimum Gasteiger partial charge on any atom is -0.466 e. The number of carbonyl (C=O) groups is 3. The lowest BCUT2D eigenvalue weighted by molar-refractivity contribution is -0.148. The highest BCUT2D eigenvalue weighted by Gasteiger charge is 2.62. The van der Waals surface area contributed by atoms with Crippen molar-refractivity contribution in [3.05, 3.63) is 29.8 Å². The van der Waals surface area contributed by atoms with E-state index in [1.807, 2.05) is 38.1 Å². The van der Waals surface area contributed by atoms with Crippen LogP contribution in [0.1, 0.15) is 52.0 Å². The summed E-state index contributed by atoms with van der Waals surface area (Å²) in [6.07, 6.45) is 1.41. The molecule has 146 valence electrons. The fourth-order valence-corrected chi connectivity index (χ4v) is 4.60. The molecule has 0 aromatic heterocycles. The average molecular weight is 372 g/mol. The molecule has 0 aliphatic carbocycles. The zero-order valence-electron chi connectivity index (χ0n) is 16.5. The molecule has 1 saturated heterocycles. The van der Waals surface area contributed by atoms with Crippen LogP contribution in [0.4, 0.5) is 5.69 Å². The van der Waals surface area contributed by atoms with E-state index < -0.39 is 17.4 Å². The van der Waals surface area contributed by atoms with Gasteiger partial charge < -0.3 is 15.0 Å². The van der Waals surface area contributed by atoms with E-state index in [2.05, 4.69) is 5.32 Å². The Hall–Kier alpha value is -2.37. The second-order valence-corrected chi connectivity index (χ2v) is 7.49. The molecule has 6 nitrogen and oxygen atoms in total. The third-order valence-electron chi connectivity index (χ3n) is 6.14. The molecule has 0 unspecified atom stereocenters.